The van der Waals surface area contributed by atoms with Gasteiger partial charge in [0.25, 0.3) is 0 Å². The number of nitrogens with zero attached hydrogens (tertiary/aromatic N) is 2. The lowest BCUT2D eigenvalue weighted by atomic mass is 9.99. The van der Waals surface area contributed by atoms with Gasteiger partial charge in [-0.2, -0.15) is 0 Å². The first-order chi connectivity index (χ1) is 10.1. The summed E-state index contributed by atoms with van der Waals surface area (Å²) in [6.45, 7) is 8.91. The highest BCUT2D eigenvalue weighted by Gasteiger charge is 2.19. The van der Waals surface area contributed by atoms with Crippen LogP contribution in [0.2, 0.25) is 0 Å². The molecule has 1 aromatic carbocycles. The van der Waals surface area contributed by atoms with Crippen LogP contribution in [0.3, 0.4) is 0 Å². The van der Waals surface area contributed by atoms with Gasteiger partial charge in [0, 0.05) is 36.4 Å². The zero-order valence-corrected chi connectivity index (χ0v) is 13.3. The van der Waals surface area contributed by atoms with Crippen molar-refractivity contribution in [1.82, 2.24) is 4.98 Å². The van der Waals surface area contributed by atoms with Crippen molar-refractivity contribution in [2.75, 3.05) is 23.3 Å². The van der Waals surface area contributed by atoms with E-state index in [0.29, 0.717) is 6.04 Å². The fraction of sp³-hybridized carbons (Fsp3) is 0.500. The molecule has 0 bridgehead atoms. The number of hydrogen-bond acceptors (Lipinski definition) is 3. The van der Waals surface area contributed by atoms with Crippen molar-refractivity contribution < 1.29 is 0 Å². The molecule has 0 amide bonds. The van der Waals surface area contributed by atoms with Gasteiger partial charge in [-0.1, -0.05) is 13.0 Å². The molecular formula is C18H25N3. The van der Waals surface area contributed by atoms with E-state index in [0.717, 1.165) is 24.8 Å². The second-order valence-electron chi connectivity index (χ2n) is 6.56. The largest absolute Gasteiger partial charge is 0.383 e. The fourth-order valence-electron chi connectivity index (χ4n) is 3.21. The van der Waals surface area contributed by atoms with Crippen molar-refractivity contribution in [2.24, 2.45) is 5.92 Å². The summed E-state index contributed by atoms with van der Waals surface area (Å²) >= 11 is 0. The zero-order chi connectivity index (χ0) is 14.8. The lowest BCUT2D eigenvalue weighted by Gasteiger charge is -2.32. The minimum Gasteiger partial charge on any atom is -0.383 e. The van der Waals surface area contributed by atoms with E-state index < -0.39 is 0 Å². The summed E-state index contributed by atoms with van der Waals surface area (Å²) in [5, 5.41) is 6.02. The van der Waals surface area contributed by atoms with E-state index >= 15 is 0 Å². The van der Waals surface area contributed by atoms with Gasteiger partial charge in [0.05, 0.1) is 0 Å². The predicted molar refractivity (Wildman–Crippen MR) is 91.1 cm³/mol. The van der Waals surface area contributed by atoms with Crippen molar-refractivity contribution in [1.29, 1.82) is 0 Å². The first kappa shape index (κ1) is 14.2. The number of piperidine rings is 1. The Hall–Kier alpha value is -1.77. The Morgan fingerprint density at radius 2 is 2.14 bits per heavy atom. The Morgan fingerprint density at radius 1 is 1.29 bits per heavy atom. The molecule has 1 fully saturated rings. The van der Waals surface area contributed by atoms with Gasteiger partial charge in [-0.05, 0) is 56.2 Å². The van der Waals surface area contributed by atoms with Crippen molar-refractivity contribution in [3.63, 3.8) is 0 Å². The van der Waals surface area contributed by atoms with Crippen LogP contribution < -0.4 is 10.2 Å². The van der Waals surface area contributed by atoms with E-state index in [4.69, 9.17) is 0 Å². The van der Waals surface area contributed by atoms with Gasteiger partial charge < -0.3 is 10.2 Å². The molecule has 1 saturated heterocycles. The number of anilines is 2. The number of hydrogen-bond donors (Lipinski definition) is 1. The van der Waals surface area contributed by atoms with Gasteiger partial charge in [-0.25, -0.2) is 4.98 Å². The molecule has 2 aromatic rings. The molecule has 0 radical (unpaired) electrons. The quantitative estimate of drug-likeness (QED) is 0.910. The smallest absolute Gasteiger partial charge is 0.136 e. The summed E-state index contributed by atoms with van der Waals surface area (Å²) in [4.78, 5) is 7.14. The third-order valence-electron chi connectivity index (χ3n) is 4.16. The molecule has 0 spiro atoms. The Bertz CT molecular complexity index is 621. The van der Waals surface area contributed by atoms with Gasteiger partial charge in [0.15, 0.2) is 0 Å². The Kier molecular flexibility index (Phi) is 4.00. The van der Waals surface area contributed by atoms with Crippen molar-refractivity contribution >= 4 is 22.3 Å². The fourth-order valence-corrected chi connectivity index (χ4v) is 3.21. The summed E-state index contributed by atoms with van der Waals surface area (Å²) in [6.07, 6.45) is 4.54. The minimum atomic E-state index is 0.442. The SMILES string of the molecule is CC1CCCN(c2nccc3ccc(NC(C)C)cc23)C1. The first-order valence-electron chi connectivity index (χ1n) is 8.04. The third kappa shape index (κ3) is 3.12. The molecule has 1 aliphatic heterocycles. The summed E-state index contributed by atoms with van der Waals surface area (Å²) in [5.41, 5.74) is 1.18. The van der Waals surface area contributed by atoms with Crippen molar-refractivity contribution in [3.8, 4) is 0 Å². The lowest BCUT2D eigenvalue weighted by Crippen LogP contribution is -2.34. The van der Waals surface area contributed by atoms with Crippen LogP contribution in [0.4, 0.5) is 11.5 Å². The Balaban J connectivity index is 2.00. The van der Waals surface area contributed by atoms with Gasteiger partial charge in [0.2, 0.25) is 0 Å². The van der Waals surface area contributed by atoms with Crippen LogP contribution in [0.25, 0.3) is 10.8 Å². The number of aromatic nitrogens is 1. The molecule has 0 saturated carbocycles. The highest BCUT2D eigenvalue weighted by Crippen LogP contribution is 2.30. The van der Waals surface area contributed by atoms with E-state index in [-0.39, 0.29) is 0 Å². The van der Waals surface area contributed by atoms with E-state index in [1.54, 1.807) is 0 Å². The van der Waals surface area contributed by atoms with Crippen LogP contribution in [-0.2, 0) is 0 Å². The van der Waals surface area contributed by atoms with Crippen LogP contribution in [0.5, 0.6) is 0 Å². The maximum Gasteiger partial charge on any atom is 0.136 e. The number of rotatable bonds is 3. The molecule has 1 aromatic heterocycles. The molecular weight excluding hydrogens is 258 g/mol. The normalized spacial score (nSPS) is 19.2. The average Bonchev–Trinajstić information content (AvgIpc) is 2.46. The molecule has 1 unspecified atom stereocenters. The summed E-state index contributed by atoms with van der Waals surface area (Å²) in [7, 11) is 0. The Morgan fingerprint density at radius 3 is 2.90 bits per heavy atom. The molecule has 3 heteroatoms. The van der Waals surface area contributed by atoms with Crippen molar-refractivity contribution in [2.45, 2.75) is 39.7 Å². The lowest BCUT2D eigenvalue weighted by molar-refractivity contribution is 0.445. The molecule has 1 atom stereocenters. The van der Waals surface area contributed by atoms with Crippen LogP contribution in [0.15, 0.2) is 30.5 Å². The van der Waals surface area contributed by atoms with Crippen LogP contribution in [0.1, 0.15) is 33.6 Å². The van der Waals surface area contributed by atoms with Crippen LogP contribution >= 0.6 is 0 Å². The number of nitrogens with one attached hydrogen (secondary N) is 1. The van der Waals surface area contributed by atoms with E-state index in [1.165, 1.54) is 29.3 Å². The molecule has 1 aliphatic rings. The highest BCUT2D eigenvalue weighted by molar-refractivity contribution is 5.94. The Labute approximate surface area is 127 Å². The van der Waals surface area contributed by atoms with Gasteiger partial charge in [0.1, 0.15) is 5.82 Å². The third-order valence-corrected chi connectivity index (χ3v) is 4.16. The summed E-state index contributed by atoms with van der Waals surface area (Å²) in [6, 6.07) is 9.14. The molecule has 112 valence electrons. The van der Waals surface area contributed by atoms with Gasteiger partial charge in [-0.15, -0.1) is 0 Å². The second-order valence-corrected chi connectivity index (χ2v) is 6.56. The summed E-state index contributed by atoms with van der Waals surface area (Å²) < 4.78 is 0. The van der Waals surface area contributed by atoms with E-state index in [1.807, 2.05) is 6.20 Å². The van der Waals surface area contributed by atoms with E-state index in [9.17, 15) is 0 Å². The van der Waals surface area contributed by atoms with Gasteiger partial charge >= 0.3 is 0 Å². The average molecular weight is 283 g/mol. The monoisotopic (exact) mass is 283 g/mol. The molecule has 0 aliphatic carbocycles. The molecule has 1 N–H and O–H groups in total. The molecule has 21 heavy (non-hydrogen) atoms. The van der Waals surface area contributed by atoms with E-state index in [2.05, 4.69) is 60.2 Å². The maximum absolute atomic E-state index is 4.68. The second kappa shape index (κ2) is 5.92. The molecule has 3 nitrogen and oxygen atoms in total. The highest BCUT2D eigenvalue weighted by atomic mass is 15.2. The van der Waals surface area contributed by atoms with Gasteiger partial charge in [-0.3, -0.25) is 0 Å². The molecule has 3 rings (SSSR count). The maximum atomic E-state index is 4.68. The summed E-state index contributed by atoms with van der Waals surface area (Å²) in [5.74, 6) is 1.90. The number of benzene rings is 1. The predicted octanol–water partition coefficient (Wildman–Crippen LogP) is 4.29. The number of fused-ring (bicyclic) bond motifs is 1. The van der Waals surface area contributed by atoms with Crippen LogP contribution in [0, 0.1) is 5.92 Å². The number of pyridine rings is 1. The van der Waals surface area contributed by atoms with Crippen molar-refractivity contribution in [3.05, 3.63) is 30.5 Å². The minimum absolute atomic E-state index is 0.442. The zero-order valence-electron chi connectivity index (χ0n) is 13.3. The standard InChI is InChI=1S/C18H25N3/c1-13(2)20-16-7-6-15-8-9-19-18(17(15)11-16)21-10-4-5-14(3)12-21/h6-9,11,13-14,20H,4-5,10,12H2,1-3H3. The first-order valence-corrected chi connectivity index (χ1v) is 8.04. The molecule has 2 heterocycles. The van der Waals surface area contributed by atoms with Crippen LogP contribution in [-0.4, -0.2) is 24.1 Å². The topological polar surface area (TPSA) is 28.2 Å².